The number of hydrogen-bond acceptors (Lipinski definition) is 1. The summed E-state index contributed by atoms with van der Waals surface area (Å²) in [6.45, 7) is 2.37. The molecule has 0 amide bonds. The largest absolute Gasteiger partial charge is 0.497 e. The van der Waals surface area contributed by atoms with E-state index in [4.69, 9.17) is 4.74 Å². The maximum atomic E-state index is 5.27. The van der Waals surface area contributed by atoms with Gasteiger partial charge in [-0.1, -0.05) is 31.9 Å². The normalized spacial score (nSPS) is 33.5. The van der Waals surface area contributed by atoms with Crippen LogP contribution in [0, 0.1) is 17.8 Å². The topological polar surface area (TPSA) is 9.23 Å². The Hall–Kier alpha value is -0.980. The van der Waals surface area contributed by atoms with Gasteiger partial charge in [-0.05, 0) is 73.5 Å². The smallest absolute Gasteiger partial charge is 0.118 e. The average Bonchev–Trinajstić information content (AvgIpc) is 2.54. The standard InChI is InChI=1S/C19H28O/c1-3-14-4-5-18-13-17(7-6-16(18)12-14)15-8-10-19(20-2)11-9-15/h8-11,14,16-18H,3-7,12-13H2,1-2H3/t14?,16-,17-,18-/m1/s1. The summed E-state index contributed by atoms with van der Waals surface area (Å²) in [6, 6.07) is 8.80. The van der Waals surface area contributed by atoms with E-state index in [-0.39, 0.29) is 0 Å². The summed E-state index contributed by atoms with van der Waals surface area (Å²) in [4.78, 5) is 0. The fourth-order valence-electron chi connectivity index (χ4n) is 4.54. The van der Waals surface area contributed by atoms with Crippen LogP contribution in [-0.2, 0) is 0 Å². The van der Waals surface area contributed by atoms with E-state index in [1.807, 2.05) is 0 Å². The Morgan fingerprint density at radius 1 is 0.950 bits per heavy atom. The van der Waals surface area contributed by atoms with E-state index in [9.17, 15) is 0 Å². The first kappa shape index (κ1) is 14.0. The van der Waals surface area contributed by atoms with E-state index in [0.29, 0.717) is 0 Å². The second-order valence-corrected chi connectivity index (χ2v) is 6.89. The number of benzene rings is 1. The highest BCUT2D eigenvalue weighted by Gasteiger charge is 2.35. The molecule has 2 fully saturated rings. The molecule has 1 aromatic rings. The third-order valence-electron chi connectivity index (χ3n) is 5.89. The SMILES string of the molecule is CCC1CC[C@@H]2C[C@H](c3ccc(OC)cc3)CC[C@@H]2C1. The zero-order chi connectivity index (χ0) is 13.9. The van der Waals surface area contributed by atoms with Crippen LogP contribution in [-0.4, -0.2) is 7.11 Å². The second kappa shape index (κ2) is 6.20. The van der Waals surface area contributed by atoms with Crippen molar-refractivity contribution in [1.29, 1.82) is 0 Å². The van der Waals surface area contributed by atoms with E-state index in [1.165, 1.54) is 50.5 Å². The van der Waals surface area contributed by atoms with E-state index in [0.717, 1.165) is 29.4 Å². The van der Waals surface area contributed by atoms with Crippen LogP contribution >= 0.6 is 0 Å². The van der Waals surface area contributed by atoms with Crippen molar-refractivity contribution < 1.29 is 4.74 Å². The van der Waals surface area contributed by atoms with Crippen molar-refractivity contribution in [2.24, 2.45) is 17.8 Å². The highest BCUT2D eigenvalue weighted by molar-refractivity contribution is 5.29. The lowest BCUT2D eigenvalue weighted by atomic mass is 9.63. The molecule has 1 heteroatoms. The lowest BCUT2D eigenvalue weighted by molar-refractivity contribution is 0.116. The van der Waals surface area contributed by atoms with Crippen molar-refractivity contribution in [3.63, 3.8) is 0 Å². The van der Waals surface area contributed by atoms with Crippen molar-refractivity contribution in [3.8, 4) is 5.75 Å². The Labute approximate surface area is 123 Å². The van der Waals surface area contributed by atoms with Crippen LogP contribution in [0.15, 0.2) is 24.3 Å². The quantitative estimate of drug-likeness (QED) is 0.715. The Bertz CT molecular complexity index is 422. The van der Waals surface area contributed by atoms with Crippen molar-refractivity contribution in [2.45, 2.75) is 57.8 Å². The fraction of sp³-hybridized carbons (Fsp3) is 0.684. The van der Waals surface area contributed by atoms with Gasteiger partial charge in [-0.15, -0.1) is 0 Å². The summed E-state index contributed by atoms with van der Waals surface area (Å²) in [5, 5.41) is 0. The van der Waals surface area contributed by atoms with Crippen LogP contribution in [0.3, 0.4) is 0 Å². The molecule has 0 bridgehead atoms. The third kappa shape index (κ3) is 2.87. The lowest BCUT2D eigenvalue weighted by Crippen LogP contribution is -2.30. The Balaban J connectivity index is 1.64. The highest BCUT2D eigenvalue weighted by atomic mass is 16.5. The Morgan fingerprint density at radius 3 is 2.35 bits per heavy atom. The average molecular weight is 272 g/mol. The first-order valence-electron chi connectivity index (χ1n) is 8.44. The van der Waals surface area contributed by atoms with Gasteiger partial charge in [-0.3, -0.25) is 0 Å². The van der Waals surface area contributed by atoms with Gasteiger partial charge < -0.3 is 4.74 Å². The molecule has 0 heterocycles. The molecule has 20 heavy (non-hydrogen) atoms. The molecule has 0 saturated heterocycles. The van der Waals surface area contributed by atoms with Gasteiger partial charge in [0, 0.05) is 0 Å². The molecule has 110 valence electrons. The molecule has 0 aliphatic heterocycles. The minimum atomic E-state index is 0.792. The first-order chi connectivity index (χ1) is 9.80. The summed E-state index contributed by atoms with van der Waals surface area (Å²) in [5.74, 6) is 4.82. The van der Waals surface area contributed by atoms with Crippen LogP contribution in [0.4, 0.5) is 0 Å². The molecule has 0 spiro atoms. The van der Waals surface area contributed by atoms with Crippen molar-refractivity contribution in [2.75, 3.05) is 7.11 Å². The van der Waals surface area contributed by atoms with Gasteiger partial charge in [0.2, 0.25) is 0 Å². The van der Waals surface area contributed by atoms with Crippen molar-refractivity contribution >= 4 is 0 Å². The molecule has 0 aromatic heterocycles. The predicted octanol–water partition coefficient (Wildman–Crippen LogP) is 5.41. The highest BCUT2D eigenvalue weighted by Crippen LogP contribution is 2.48. The third-order valence-corrected chi connectivity index (χ3v) is 5.89. The molecule has 3 rings (SSSR count). The Kier molecular flexibility index (Phi) is 4.33. The summed E-state index contributed by atoms with van der Waals surface area (Å²) >= 11 is 0. The first-order valence-corrected chi connectivity index (χ1v) is 8.44. The van der Waals surface area contributed by atoms with Gasteiger partial charge in [-0.25, -0.2) is 0 Å². The van der Waals surface area contributed by atoms with E-state index in [2.05, 4.69) is 31.2 Å². The molecular weight excluding hydrogens is 244 g/mol. The maximum Gasteiger partial charge on any atom is 0.118 e. The Morgan fingerprint density at radius 2 is 1.65 bits per heavy atom. The molecule has 2 aliphatic carbocycles. The minimum absolute atomic E-state index is 0.792. The van der Waals surface area contributed by atoms with Gasteiger partial charge in [0.25, 0.3) is 0 Å². The van der Waals surface area contributed by atoms with Crippen molar-refractivity contribution in [1.82, 2.24) is 0 Å². The van der Waals surface area contributed by atoms with E-state index >= 15 is 0 Å². The number of ether oxygens (including phenoxy) is 1. The summed E-state index contributed by atoms with van der Waals surface area (Å²) in [6.07, 6.45) is 10.1. The monoisotopic (exact) mass is 272 g/mol. The number of fused-ring (bicyclic) bond motifs is 1. The molecule has 1 nitrogen and oxygen atoms in total. The number of hydrogen-bond donors (Lipinski definition) is 0. The molecule has 4 atom stereocenters. The van der Waals surface area contributed by atoms with Crippen LogP contribution in [0.2, 0.25) is 0 Å². The number of methoxy groups -OCH3 is 1. The van der Waals surface area contributed by atoms with Crippen LogP contribution in [0.25, 0.3) is 0 Å². The molecule has 2 aliphatic rings. The second-order valence-electron chi connectivity index (χ2n) is 6.89. The lowest BCUT2D eigenvalue weighted by Gasteiger charge is -2.42. The summed E-state index contributed by atoms with van der Waals surface area (Å²) < 4.78 is 5.27. The number of rotatable bonds is 3. The molecule has 0 N–H and O–H groups in total. The van der Waals surface area contributed by atoms with Gasteiger partial charge in [0.1, 0.15) is 5.75 Å². The predicted molar refractivity (Wildman–Crippen MR) is 84.2 cm³/mol. The molecule has 2 saturated carbocycles. The van der Waals surface area contributed by atoms with Gasteiger partial charge >= 0.3 is 0 Å². The fourth-order valence-corrected chi connectivity index (χ4v) is 4.54. The van der Waals surface area contributed by atoms with E-state index in [1.54, 1.807) is 7.11 Å². The van der Waals surface area contributed by atoms with Crippen molar-refractivity contribution in [3.05, 3.63) is 29.8 Å². The van der Waals surface area contributed by atoms with E-state index < -0.39 is 0 Å². The molecule has 1 unspecified atom stereocenters. The van der Waals surface area contributed by atoms with Gasteiger partial charge in [0.05, 0.1) is 7.11 Å². The minimum Gasteiger partial charge on any atom is -0.497 e. The van der Waals surface area contributed by atoms with Crippen LogP contribution < -0.4 is 4.74 Å². The zero-order valence-corrected chi connectivity index (χ0v) is 13.0. The van der Waals surface area contributed by atoms with Gasteiger partial charge in [0.15, 0.2) is 0 Å². The zero-order valence-electron chi connectivity index (χ0n) is 13.0. The summed E-state index contributed by atoms with van der Waals surface area (Å²) in [7, 11) is 1.74. The van der Waals surface area contributed by atoms with Crippen LogP contribution in [0.5, 0.6) is 5.75 Å². The summed E-state index contributed by atoms with van der Waals surface area (Å²) in [5.41, 5.74) is 1.53. The maximum absolute atomic E-state index is 5.27. The molecular formula is C19H28O. The molecule has 0 radical (unpaired) electrons. The molecule has 1 aromatic carbocycles. The van der Waals surface area contributed by atoms with Crippen LogP contribution in [0.1, 0.15) is 63.4 Å². The van der Waals surface area contributed by atoms with Gasteiger partial charge in [-0.2, -0.15) is 0 Å².